The highest BCUT2D eigenvalue weighted by molar-refractivity contribution is 5.09. The van der Waals surface area contributed by atoms with E-state index in [9.17, 15) is 0 Å². The normalized spacial score (nSPS) is 20.1. The van der Waals surface area contributed by atoms with E-state index in [0.29, 0.717) is 11.9 Å². The fraction of sp³-hybridized carbons (Fsp3) is 0.667. The molecule has 0 aromatic carbocycles. The van der Waals surface area contributed by atoms with Crippen molar-refractivity contribution in [1.29, 1.82) is 5.26 Å². The summed E-state index contributed by atoms with van der Waals surface area (Å²) in [6, 6.07) is 2.40. The molecule has 0 spiro atoms. The zero-order valence-corrected chi connectivity index (χ0v) is 7.21. The molecule has 66 valence electrons. The van der Waals surface area contributed by atoms with Gasteiger partial charge < -0.3 is 11.1 Å². The van der Waals surface area contributed by atoms with Crippen LogP contribution in [0.4, 0.5) is 0 Å². The quantitative estimate of drug-likeness (QED) is 0.605. The minimum Gasteiger partial charge on any atom is -0.385 e. The van der Waals surface area contributed by atoms with Crippen molar-refractivity contribution in [2.24, 2.45) is 5.73 Å². The van der Waals surface area contributed by atoms with Crippen LogP contribution in [0.5, 0.6) is 0 Å². The third kappa shape index (κ3) is 2.83. The molecule has 0 aromatic heterocycles. The molecule has 3 N–H and O–H groups in total. The van der Waals surface area contributed by atoms with Crippen LogP contribution in [-0.2, 0) is 0 Å². The first kappa shape index (κ1) is 8.92. The molecule has 3 nitrogen and oxygen atoms in total. The van der Waals surface area contributed by atoms with E-state index in [1.165, 1.54) is 38.2 Å². The molecule has 0 saturated heterocycles. The fourth-order valence-electron chi connectivity index (χ4n) is 1.59. The SMILES string of the molecule is N#CC=C(N)NC1CCCCC1. The Morgan fingerprint density at radius 2 is 2.08 bits per heavy atom. The van der Waals surface area contributed by atoms with Crippen LogP contribution in [0.15, 0.2) is 11.9 Å². The predicted molar refractivity (Wildman–Crippen MR) is 47.9 cm³/mol. The van der Waals surface area contributed by atoms with Gasteiger partial charge in [-0.05, 0) is 12.8 Å². The Balaban J connectivity index is 2.30. The molecule has 0 radical (unpaired) electrons. The van der Waals surface area contributed by atoms with Crippen LogP contribution in [0.2, 0.25) is 0 Å². The first-order valence-corrected chi connectivity index (χ1v) is 4.44. The Labute approximate surface area is 73.2 Å². The van der Waals surface area contributed by atoms with Crippen molar-refractivity contribution in [3.63, 3.8) is 0 Å². The molecule has 0 bridgehead atoms. The van der Waals surface area contributed by atoms with Crippen molar-refractivity contribution in [1.82, 2.24) is 5.32 Å². The average molecular weight is 165 g/mol. The lowest BCUT2D eigenvalue weighted by atomic mass is 9.95. The summed E-state index contributed by atoms with van der Waals surface area (Å²) in [5.74, 6) is 0.504. The van der Waals surface area contributed by atoms with Gasteiger partial charge in [-0.15, -0.1) is 0 Å². The maximum atomic E-state index is 8.32. The van der Waals surface area contributed by atoms with E-state index in [-0.39, 0.29) is 0 Å². The predicted octanol–water partition coefficient (Wildman–Crippen LogP) is 1.23. The Kier molecular flexibility index (Phi) is 3.46. The highest BCUT2D eigenvalue weighted by Crippen LogP contribution is 2.17. The molecular formula is C9H15N3. The molecule has 1 aliphatic rings. The standard InChI is InChI=1S/C9H15N3/c10-7-6-9(11)12-8-4-2-1-3-5-8/h6,8,12H,1-5,11H2. The summed E-state index contributed by atoms with van der Waals surface area (Å²) >= 11 is 0. The Bertz CT molecular complexity index is 196. The number of nitrogens with two attached hydrogens (primary N) is 1. The second-order valence-corrected chi connectivity index (χ2v) is 3.21. The number of hydrogen-bond donors (Lipinski definition) is 2. The monoisotopic (exact) mass is 165 g/mol. The smallest absolute Gasteiger partial charge is 0.107 e. The minimum atomic E-state index is 0.489. The maximum absolute atomic E-state index is 8.32. The molecule has 3 heteroatoms. The van der Waals surface area contributed by atoms with Gasteiger partial charge in [-0.25, -0.2) is 0 Å². The molecule has 0 aliphatic heterocycles. The van der Waals surface area contributed by atoms with E-state index in [0.717, 1.165) is 0 Å². The molecule has 12 heavy (non-hydrogen) atoms. The largest absolute Gasteiger partial charge is 0.385 e. The van der Waals surface area contributed by atoms with Crippen LogP contribution in [-0.4, -0.2) is 6.04 Å². The first-order valence-electron chi connectivity index (χ1n) is 4.44. The number of nitrogens with zero attached hydrogens (tertiary/aromatic N) is 1. The Morgan fingerprint density at radius 3 is 2.67 bits per heavy atom. The van der Waals surface area contributed by atoms with Gasteiger partial charge in [0.1, 0.15) is 5.82 Å². The van der Waals surface area contributed by atoms with E-state index < -0.39 is 0 Å². The molecule has 1 saturated carbocycles. The highest BCUT2D eigenvalue weighted by atomic mass is 15.0. The third-order valence-corrected chi connectivity index (χ3v) is 2.20. The van der Waals surface area contributed by atoms with Gasteiger partial charge in [-0.1, -0.05) is 19.3 Å². The molecule has 0 amide bonds. The molecule has 0 aromatic rings. The van der Waals surface area contributed by atoms with E-state index >= 15 is 0 Å². The van der Waals surface area contributed by atoms with E-state index in [1.807, 2.05) is 6.07 Å². The summed E-state index contributed by atoms with van der Waals surface area (Å²) in [5, 5.41) is 11.5. The number of allylic oxidation sites excluding steroid dienone is 1. The van der Waals surface area contributed by atoms with Gasteiger partial charge in [-0.2, -0.15) is 5.26 Å². The van der Waals surface area contributed by atoms with Gasteiger partial charge >= 0.3 is 0 Å². The Hall–Kier alpha value is -1.17. The van der Waals surface area contributed by atoms with Crippen molar-refractivity contribution in [2.75, 3.05) is 0 Å². The van der Waals surface area contributed by atoms with Crippen LogP contribution in [0.1, 0.15) is 32.1 Å². The lowest BCUT2D eigenvalue weighted by Gasteiger charge is -2.23. The molecule has 1 rings (SSSR count). The van der Waals surface area contributed by atoms with Gasteiger partial charge in [-0.3, -0.25) is 0 Å². The van der Waals surface area contributed by atoms with Gasteiger partial charge in [0, 0.05) is 6.04 Å². The van der Waals surface area contributed by atoms with Crippen LogP contribution in [0.25, 0.3) is 0 Å². The second-order valence-electron chi connectivity index (χ2n) is 3.21. The lowest BCUT2D eigenvalue weighted by Crippen LogP contribution is -2.33. The van der Waals surface area contributed by atoms with Gasteiger partial charge in [0.2, 0.25) is 0 Å². The zero-order valence-electron chi connectivity index (χ0n) is 7.21. The van der Waals surface area contributed by atoms with Gasteiger partial charge in [0.25, 0.3) is 0 Å². The van der Waals surface area contributed by atoms with E-state index in [1.54, 1.807) is 0 Å². The highest BCUT2D eigenvalue weighted by Gasteiger charge is 2.12. The Morgan fingerprint density at radius 1 is 1.42 bits per heavy atom. The third-order valence-electron chi connectivity index (χ3n) is 2.20. The molecular weight excluding hydrogens is 150 g/mol. The molecule has 0 heterocycles. The summed E-state index contributed by atoms with van der Waals surface area (Å²) in [4.78, 5) is 0. The fourth-order valence-corrected chi connectivity index (χ4v) is 1.59. The average Bonchev–Trinajstić information content (AvgIpc) is 2.06. The van der Waals surface area contributed by atoms with Crippen LogP contribution < -0.4 is 11.1 Å². The summed E-state index contributed by atoms with van der Waals surface area (Å²) in [6.45, 7) is 0. The number of nitriles is 1. The van der Waals surface area contributed by atoms with Gasteiger partial charge in [0.15, 0.2) is 0 Å². The maximum Gasteiger partial charge on any atom is 0.107 e. The number of nitrogens with one attached hydrogen (secondary N) is 1. The van der Waals surface area contributed by atoms with E-state index in [4.69, 9.17) is 11.0 Å². The molecule has 1 fully saturated rings. The lowest BCUT2D eigenvalue weighted by molar-refractivity contribution is 0.395. The van der Waals surface area contributed by atoms with Crippen molar-refractivity contribution >= 4 is 0 Å². The summed E-state index contributed by atoms with van der Waals surface area (Å²) in [7, 11) is 0. The first-order chi connectivity index (χ1) is 5.83. The molecule has 1 aliphatic carbocycles. The second kappa shape index (κ2) is 4.66. The minimum absolute atomic E-state index is 0.489. The van der Waals surface area contributed by atoms with Crippen LogP contribution in [0.3, 0.4) is 0 Å². The van der Waals surface area contributed by atoms with Crippen molar-refractivity contribution in [2.45, 2.75) is 38.1 Å². The van der Waals surface area contributed by atoms with Crippen LogP contribution >= 0.6 is 0 Å². The summed E-state index contributed by atoms with van der Waals surface area (Å²) < 4.78 is 0. The van der Waals surface area contributed by atoms with Crippen molar-refractivity contribution in [3.05, 3.63) is 11.9 Å². The van der Waals surface area contributed by atoms with E-state index in [2.05, 4.69) is 5.32 Å². The number of hydrogen-bond acceptors (Lipinski definition) is 3. The molecule has 0 unspecified atom stereocenters. The summed E-state index contributed by atoms with van der Waals surface area (Å²) in [6.07, 6.45) is 7.60. The number of rotatable bonds is 2. The van der Waals surface area contributed by atoms with Crippen LogP contribution in [0, 0.1) is 11.3 Å². The van der Waals surface area contributed by atoms with Gasteiger partial charge in [0.05, 0.1) is 12.1 Å². The zero-order chi connectivity index (χ0) is 8.81. The topological polar surface area (TPSA) is 61.8 Å². The summed E-state index contributed by atoms with van der Waals surface area (Å²) in [5.41, 5.74) is 5.54. The molecule has 0 atom stereocenters. The van der Waals surface area contributed by atoms with Crippen molar-refractivity contribution < 1.29 is 0 Å². The van der Waals surface area contributed by atoms with Crippen molar-refractivity contribution in [3.8, 4) is 6.07 Å².